The Labute approximate surface area is 97.0 Å². The van der Waals surface area contributed by atoms with Gasteiger partial charge in [0.25, 0.3) is 0 Å². The lowest BCUT2D eigenvalue weighted by atomic mass is 10.0. The molecule has 2 heterocycles. The van der Waals surface area contributed by atoms with Crippen LogP contribution in [0.15, 0.2) is 6.07 Å². The molecule has 0 unspecified atom stereocenters. The van der Waals surface area contributed by atoms with E-state index < -0.39 is 0 Å². The largest absolute Gasteiger partial charge is 0.381 e. The molecule has 1 N–H and O–H groups in total. The summed E-state index contributed by atoms with van der Waals surface area (Å²) in [6, 6.07) is 2.14. The number of aryl methyl sites for hydroxylation is 2. The number of nitrogens with one attached hydrogen (secondary N) is 1. The maximum atomic E-state index is 5.34. The second-order valence-corrected chi connectivity index (χ2v) is 4.59. The molecule has 4 nitrogen and oxygen atoms in total. The van der Waals surface area contributed by atoms with Gasteiger partial charge in [-0.2, -0.15) is 5.10 Å². The summed E-state index contributed by atoms with van der Waals surface area (Å²) in [7, 11) is 2.00. The van der Waals surface area contributed by atoms with Gasteiger partial charge in [-0.25, -0.2) is 0 Å². The second-order valence-electron chi connectivity index (χ2n) is 4.59. The first-order valence-electron chi connectivity index (χ1n) is 6.03. The van der Waals surface area contributed by atoms with Crippen LogP contribution in [0.2, 0.25) is 0 Å². The summed E-state index contributed by atoms with van der Waals surface area (Å²) in [5, 5.41) is 7.84. The van der Waals surface area contributed by atoms with E-state index in [1.807, 2.05) is 18.7 Å². The Kier molecular flexibility index (Phi) is 3.96. The van der Waals surface area contributed by atoms with Gasteiger partial charge in [-0.3, -0.25) is 4.68 Å². The van der Waals surface area contributed by atoms with E-state index in [0.717, 1.165) is 37.9 Å². The van der Waals surface area contributed by atoms with Crippen molar-refractivity contribution < 1.29 is 4.74 Å². The molecular formula is C12H21N3O. The Hall–Kier alpha value is -0.870. The van der Waals surface area contributed by atoms with Gasteiger partial charge in [-0.15, -0.1) is 0 Å². The fourth-order valence-corrected chi connectivity index (χ4v) is 2.18. The van der Waals surface area contributed by atoms with Gasteiger partial charge in [0.1, 0.15) is 0 Å². The predicted molar refractivity (Wildman–Crippen MR) is 63.2 cm³/mol. The number of nitrogens with zero attached hydrogens (tertiary/aromatic N) is 2. The smallest absolute Gasteiger partial charge is 0.0597 e. The molecule has 0 bridgehead atoms. The normalized spacial score (nSPS) is 17.9. The van der Waals surface area contributed by atoms with E-state index in [1.165, 1.54) is 18.5 Å². The first-order chi connectivity index (χ1) is 7.75. The van der Waals surface area contributed by atoms with E-state index in [4.69, 9.17) is 4.74 Å². The number of ether oxygens (including phenoxy) is 1. The van der Waals surface area contributed by atoms with E-state index in [9.17, 15) is 0 Å². The van der Waals surface area contributed by atoms with Crippen LogP contribution in [0.25, 0.3) is 0 Å². The molecule has 4 heteroatoms. The lowest BCUT2D eigenvalue weighted by Gasteiger charge is -2.22. The Bertz CT molecular complexity index is 329. The molecule has 90 valence electrons. The zero-order valence-corrected chi connectivity index (χ0v) is 10.2. The zero-order valence-electron chi connectivity index (χ0n) is 10.2. The standard InChI is InChI=1S/C12H21N3O/c1-10-7-12(15(2)14-10)9-13-8-11-3-5-16-6-4-11/h7,11,13H,3-6,8-9H2,1-2H3. The molecule has 0 radical (unpaired) electrons. The average molecular weight is 223 g/mol. The van der Waals surface area contributed by atoms with Gasteiger partial charge < -0.3 is 10.1 Å². The highest BCUT2D eigenvalue weighted by atomic mass is 16.5. The first kappa shape index (κ1) is 11.6. The number of hydrogen-bond donors (Lipinski definition) is 1. The van der Waals surface area contributed by atoms with Crippen molar-refractivity contribution in [3.05, 3.63) is 17.5 Å². The fraction of sp³-hybridized carbons (Fsp3) is 0.750. The molecule has 0 spiro atoms. The van der Waals surface area contributed by atoms with Crippen LogP contribution in [0, 0.1) is 12.8 Å². The molecule has 0 atom stereocenters. The average Bonchev–Trinajstić information content (AvgIpc) is 2.59. The molecular weight excluding hydrogens is 202 g/mol. The Morgan fingerprint density at radius 3 is 2.88 bits per heavy atom. The summed E-state index contributed by atoms with van der Waals surface area (Å²) in [4.78, 5) is 0. The van der Waals surface area contributed by atoms with Gasteiger partial charge in [0.2, 0.25) is 0 Å². The quantitative estimate of drug-likeness (QED) is 0.835. The first-order valence-corrected chi connectivity index (χ1v) is 6.03. The van der Waals surface area contributed by atoms with Crippen molar-refractivity contribution in [1.29, 1.82) is 0 Å². The van der Waals surface area contributed by atoms with Crippen molar-refractivity contribution in [2.45, 2.75) is 26.3 Å². The Morgan fingerprint density at radius 2 is 2.25 bits per heavy atom. The summed E-state index contributed by atoms with van der Waals surface area (Å²) in [5.41, 5.74) is 2.34. The molecule has 1 fully saturated rings. The van der Waals surface area contributed by atoms with E-state index in [0.29, 0.717) is 0 Å². The molecule has 1 aromatic heterocycles. The minimum atomic E-state index is 0.781. The molecule has 1 aliphatic rings. The summed E-state index contributed by atoms with van der Waals surface area (Å²) in [6.07, 6.45) is 2.38. The van der Waals surface area contributed by atoms with Crippen molar-refractivity contribution in [2.75, 3.05) is 19.8 Å². The van der Waals surface area contributed by atoms with Gasteiger partial charge in [0, 0.05) is 26.8 Å². The Balaban J connectivity index is 1.73. The van der Waals surface area contributed by atoms with E-state index in [-0.39, 0.29) is 0 Å². The number of hydrogen-bond acceptors (Lipinski definition) is 3. The summed E-state index contributed by atoms with van der Waals surface area (Å²) < 4.78 is 7.30. The minimum Gasteiger partial charge on any atom is -0.381 e. The topological polar surface area (TPSA) is 39.1 Å². The van der Waals surface area contributed by atoms with Crippen LogP contribution in [0.4, 0.5) is 0 Å². The molecule has 0 saturated carbocycles. The van der Waals surface area contributed by atoms with Crippen LogP contribution < -0.4 is 5.32 Å². The third-order valence-corrected chi connectivity index (χ3v) is 3.18. The highest BCUT2D eigenvalue weighted by Crippen LogP contribution is 2.13. The van der Waals surface area contributed by atoms with Crippen LogP contribution in [0.1, 0.15) is 24.2 Å². The Morgan fingerprint density at radius 1 is 1.50 bits per heavy atom. The summed E-state index contributed by atoms with van der Waals surface area (Å²) in [5.74, 6) is 0.781. The van der Waals surface area contributed by atoms with Crippen LogP contribution in [0.5, 0.6) is 0 Å². The SMILES string of the molecule is Cc1cc(CNCC2CCOCC2)n(C)n1. The number of aromatic nitrogens is 2. The molecule has 1 aliphatic heterocycles. The second kappa shape index (κ2) is 5.46. The molecule has 16 heavy (non-hydrogen) atoms. The van der Waals surface area contributed by atoms with Crippen molar-refractivity contribution in [1.82, 2.24) is 15.1 Å². The number of rotatable bonds is 4. The molecule has 0 amide bonds. The highest BCUT2D eigenvalue weighted by Gasteiger charge is 2.13. The molecule has 2 rings (SSSR count). The van der Waals surface area contributed by atoms with Crippen molar-refractivity contribution >= 4 is 0 Å². The molecule has 1 aromatic rings. The molecule has 0 aromatic carbocycles. The lowest BCUT2D eigenvalue weighted by molar-refractivity contribution is 0.0662. The van der Waals surface area contributed by atoms with Gasteiger partial charge in [0.05, 0.1) is 11.4 Å². The van der Waals surface area contributed by atoms with Gasteiger partial charge in [-0.05, 0) is 38.3 Å². The van der Waals surface area contributed by atoms with E-state index >= 15 is 0 Å². The van der Waals surface area contributed by atoms with E-state index in [1.54, 1.807) is 0 Å². The van der Waals surface area contributed by atoms with Gasteiger partial charge in [0.15, 0.2) is 0 Å². The van der Waals surface area contributed by atoms with Gasteiger partial charge in [-0.1, -0.05) is 0 Å². The zero-order chi connectivity index (χ0) is 11.4. The van der Waals surface area contributed by atoms with Crippen LogP contribution in [-0.2, 0) is 18.3 Å². The summed E-state index contributed by atoms with van der Waals surface area (Å²) >= 11 is 0. The maximum absolute atomic E-state index is 5.34. The van der Waals surface area contributed by atoms with Crippen LogP contribution in [0.3, 0.4) is 0 Å². The monoisotopic (exact) mass is 223 g/mol. The fourth-order valence-electron chi connectivity index (χ4n) is 2.18. The maximum Gasteiger partial charge on any atom is 0.0597 e. The van der Waals surface area contributed by atoms with Crippen molar-refractivity contribution in [3.63, 3.8) is 0 Å². The predicted octanol–water partition coefficient (Wildman–Crippen LogP) is 1.24. The van der Waals surface area contributed by atoms with Crippen molar-refractivity contribution in [2.24, 2.45) is 13.0 Å². The van der Waals surface area contributed by atoms with E-state index in [2.05, 4.69) is 16.5 Å². The minimum absolute atomic E-state index is 0.781. The van der Waals surface area contributed by atoms with Crippen LogP contribution in [-0.4, -0.2) is 29.5 Å². The third kappa shape index (κ3) is 3.06. The van der Waals surface area contributed by atoms with Crippen molar-refractivity contribution in [3.8, 4) is 0 Å². The molecule has 1 saturated heterocycles. The molecule has 0 aliphatic carbocycles. The van der Waals surface area contributed by atoms with Gasteiger partial charge >= 0.3 is 0 Å². The summed E-state index contributed by atoms with van der Waals surface area (Å²) in [6.45, 7) is 5.89. The lowest BCUT2D eigenvalue weighted by Crippen LogP contribution is -2.28. The highest BCUT2D eigenvalue weighted by molar-refractivity contribution is 5.08. The third-order valence-electron chi connectivity index (χ3n) is 3.18. The van der Waals surface area contributed by atoms with Crippen LogP contribution >= 0.6 is 0 Å².